The Bertz CT molecular complexity index is 786. The smallest absolute Gasteiger partial charge is 0.304 e. The third kappa shape index (κ3) is 5.40. The molecule has 1 aliphatic carbocycles. The number of nitrogens with two attached hydrogens (primary N) is 1. The number of hydrogen-bond donors (Lipinski definition) is 2. The Morgan fingerprint density at radius 3 is 2.32 bits per heavy atom. The molecule has 0 aliphatic heterocycles. The zero-order valence-electron chi connectivity index (χ0n) is 16.1. The first-order valence-electron chi connectivity index (χ1n) is 9.96. The van der Waals surface area contributed by atoms with Crippen molar-refractivity contribution in [1.29, 1.82) is 0 Å². The van der Waals surface area contributed by atoms with E-state index in [1.807, 2.05) is 30.3 Å². The minimum atomic E-state index is -0.888. The molecule has 0 aromatic heterocycles. The molecule has 28 heavy (non-hydrogen) atoms. The summed E-state index contributed by atoms with van der Waals surface area (Å²) < 4.78 is 0. The third-order valence-electron chi connectivity index (χ3n) is 5.57. The molecule has 0 saturated heterocycles. The number of benzene rings is 2. The number of carboxylic acids is 1. The van der Waals surface area contributed by atoms with Crippen molar-refractivity contribution < 1.29 is 9.90 Å². The van der Waals surface area contributed by atoms with Crippen molar-refractivity contribution in [3.05, 3.63) is 71.3 Å². The van der Waals surface area contributed by atoms with E-state index in [1.165, 1.54) is 42.7 Å². The molecule has 3 rings (SSSR count). The highest BCUT2D eigenvalue weighted by molar-refractivity contribution is 7.80. The highest BCUT2D eigenvalue weighted by Gasteiger charge is 2.23. The topological polar surface area (TPSA) is 66.6 Å². The first kappa shape index (κ1) is 20.5. The maximum Gasteiger partial charge on any atom is 0.304 e. The fourth-order valence-electron chi connectivity index (χ4n) is 4.01. The van der Waals surface area contributed by atoms with E-state index in [4.69, 9.17) is 18.1 Å². The van der Waals surface area contributed by atoms with Crippen LogP contribution in [0.4, 0.5) is 0 Å². The van der Waals surface area contributed by atoms with Gasteiger partial charge in [0.05, 0.1) is 13.0 Å². The molecule has 1 unspecified atom stereocenters. The maximum absolute atomic E-state index is 11.3. The zero-order chi connectivity index (χ0) is 19.9. The SMILES string of the molecule is NN(Cc1ccc(C2CCCCC2)cc1)C(=S)C(CC(=O)O)c1ccccc1. The van der Waals surface area contributed by atoms with Crippen molar-refractivity contribution >= 4 is 23.2 Å². The summed E-state index contributed by atoms with van der Waals surface area (Å²) in [6.45, 7) is 0.465. The lowest BCUT2D eigenvalue weighted by Crippen LogP contribution is -2.39. The highest BCUT2D eigenvalue weighted by Crippen LogP contribution is 2.32. The number of nitrogens with zero attached hydrogens (tertiary/aromatic N) is 1. The Hall–Kier alpha value is -2.24. The predicted molar refractivity (Wildman–Crippen MR) is 116 cm³/mol. The van der Waals surface area contributed by atoms with Gasteiger partial charge in [-0.1, -0.05) is 86.1 Å². The molecule has 2 aromatic rings. The fourth-order valence-corrected chi connectivity index (χ4v) is 4.30. The van der Waals surface area contributed by atoms with Gasteiger partial charge in [-0.2, -0.15) is 0 Å². The van der Waals surface area contributed by atoms with Gasteiger partial charge in [-0.15, -0.1) is 0 Å². The summed E-state index contributed by atoms with van der Waals surface area (Å²) in [5.74, 6) is 5.62. The second-order valence-corrected chi connectivity index (χ2v) is 8.02. The number of rotatable bonds is 7. The monoisotopic (exact) mass is 396 g/mol. The maximum atomic E-state index is 11.3. The second kappa shape index (κ2) is 9.80. The highest BCUT2D eigenvalue weighted by atomic mass is 32.1. The Labute approximate surface area is 172 Å². The lowest BCUT2D eigenvalue weighted by Gasteiger charge is -2.26. The molecule has 0 bridgehead atoms. The van der Waals surface area contributed by atoms with Gasteiger partial charge in [-0.05, 0) is 35.4 Å². The van der Waals surface area contributed by atoms with Gasteiger partial charge in [-0.3, -0.25) is 9.80 Å². The van der Waals surface area contributed by atoms with Crippen molar-refractivity contribution in [1.82, 2.24) is 5.01 Å². The Kier molecular flexibility index (Phi) is 7.18. The molecule has 0 radical (unpaired) electrons. The van der Waals surface area contributed by atoms with Crippen LogP contribution in [-0.2, 0) is 11.3 Å². The van der Waals surface area contributed by atoms with E-state index in [0.717, 1.165) is 11.1 Å². The van der Waals surface area contributed by atoms with Gasteiger partial charge in [0.2, 0.25) is 0 Å². The van der Waals surface area contributed by atoms with E-state index in [1.54, 1.807) is 0 Å². The molecule has 1 atom stereocenters. The van der Waals surface area contributed by atoms with Crippen LogP contribution < -0.4 is 5.84 Å². The van der Waals surface area contributed by atoms with Crippen molar-refractivity contribution in [2.24, 2.45) is 5.84 Å². The largest absolute Gasteiger partial charge is 0.481 e. The Balaban J connectivity index is 1.67. The van der Waals surface area contributed by atoms with Crippen LogP contribution >= 0.6 is 12.2 Å². The van der Waals surface area contributed by atoms with Gasteiger partial charge >= 0.3 is 5.97 Å². The van der Waals surface area contributed by atoms with Crippen molar-refractivity contribution in [3.63, 3.8) is 0 Å². The molecule has 1 aliphatic rings. The summed E-state index contributed by atoms with van der Waals surface area (Å²) in [5.41, 5.74) is 3.35. The minimum Gasteiger partial charge on any atom is -0.481 e. The second-order valence-electron chi connectivity index (χ2n) is 7.60. The third-order valence-corrected chi connectivity index (χ3v) is 6.09. The van der Waals surface area contributed by atoms with Crippen LogP contribution in [0.1, 0.15) is 67.1 Å². The van der Waals surface area contributed by atoms with E-state index in [0.29, 0.717) is 17.5 Å². The van der Waals surface area contributed by atoms with Crippen LogP contribution in [0.25, 0.3) is 0 Å². The van der Waals surface area contributed by atoms with E-state index >= 15 is 0 Å². The number of carbonyl (C=O) groups is 1. The fraction of sp³-hybridized carbons (Fsp3) is 0.391. The summed E-state index contributed by atoms with van der Waals surface area (Å²) in [6, 6.07) is 18.1. The number of hydrogen-bond acceptors (Lipinski definition) is 3. The van der Waals surface area contributed by atoms with Crippen LogP contribution in [0, 0.1) is 0 Å². The molecule has 0 spiro atoms. The number of hydrazine groups is 1. The molecule has 3 N–H and O–H groups in total. The van der Waals surface area contributed by atoms with E-state index in [-0.39, 0.29) is 6.42 Å². The summed E-state index contributed by atoms with van der Waals surface area (Å²) in [4.78, 5) is 11.8. The van der Waals surface area contributed by atoms with Crippen molar-refractivity contribution in [2.75, 3.05) is 0 Å². The lowest BCUT2D eigenvalue weighted by molar-refractivity contribution is -0.137. The molecular formula is C23H28N2O2S. The summed E-state index contributed by atoms with van der Waals surface area (Å²) >= 11 is 5.56. The normalized spacial score (nSPS) is 15.8. The van der Waals surface area contributed by atoms with Gasteiger partial charge in [0.1, 0.15) is 4.99 Å². The standard InChI is InChI=1S/C23H28N2O2S/c24-25(23(28)21(15-22(26)27)20-9-5-2-6-10-20)16-17-11-13-19(14-12-17)18-7-3-1-4-8-18/h2,5-6,9-14,18,21H,1,3-4,7-8,15-16,24H2,(H,26,27). The first-order chi connectivity index (χ1) is 13.5. The summed E-state index contributed by atoms with van der Waals surface area (Å²) in [5, 5.41) is 10.8. The van der Waals surface area contributed by atoms with Crippen LogP contribution in [0.5, 0.6) is 0 Å². The van der Waals surface area contributed by atoms with E-state index in [2.05, 4.69) is 24.3 Å². The molecule has 1 fully saturated rings. The molecular weight excluding hydrogens is 368 g/mol. The average molecular weight is 397 g/mol. The van der Waals surface area contributed by atoms with E-state index in [9.17, 15) is 9.90 Å². The van der Waals surface area contributed by atoms with Crippen LogP contribution in [-0.4, -0.2) is 21.1 Å². The Morgan fingerprint density at radius 2 is 1.71 bits per heavy atom. The summed E-state index contributed by atoms with van der Waals surface area (Å²) in [7, 11) is 0. The van der Waals surface area contributed by atoms with Crippen LogP contribution in [0.3, 0.4) is 0 Å². The molecule has 0 amide bonds. The van der Waals surface area contributed by atoms with Gasteiger partial charge in [0, 0.05) is 5.92 Å². The average Bonchev–Trinajstić information content (AvgIpc) is 2.73. The Morgan fingerprint density at radius 1 is 1.07 bits per heavy atom. The molecule has 0 heterocycles. The predicted octanol–water partition coefficient (Wildman–Crippen LogP) is 5.00. The zero-order valence-corrected chi connectivity index (χ0v) is 16.9. The lowest BCUT2D eigenvalue weighted by atomic mass is 9.84. The number of thiocarbonyl (C=S) groups is 1. The van der Waals surface area contributed by atoms with E-state index < -0.39 is 11.9 Å². The number of carboxylic acid groups (broad SMARTS) is 1. The number of aliphatic carboxylic acids is 1. The van der Waals surface area contributed by atoms with Gasteiger partial charge in [0.15, 0.2) is 0 Å². The van der Waals surface area contributed by atoms with Gasteiger partial charge < -0.3 is 5.11 Å². The van der Waals surface area contributed by atoms with Crippen molar-refractivity contribution in [2.45, 2.75) is 56.9 Å². The summed E-state index contributed by atoms with van der Waals surface area (Å²) in [6.07, 6.45) is 6.48. The van der Waals surface area contributed by atoms with Crippen molar-refractivity contribution in [3.8, 4) is 0 Å². The molecule has 4 nitrogen and oxygen atoms in total. The molecule has 2 aromatic carbocycles. The van der Waals surface area contributed by atoms with Gasteiger partial charge in [0.25, 0.3) is 0 Å². The van der Waals surface area contributed by atoms with Gasteiger partial charge in [-0.25, -0.2) is 5.84 Å². The molecule has 5 heteroatoms. The minimum absolute atomic E-state index is 0.0723. The molecule has 148 valence electrons. The van der Waals surface area contributed by atoms with Crippen LogP contribution in [0.2, 0.25) is 0 Å². The van der Waals surface area contributed by atoms with Crippen LogP contribution in [0.15, 0.2) is 54.6 Å². The molecule has 1 saturated carbocycles. The quantitative estimate of drug-likeness (QED) is 0.392. The first-order valence-corrected chi connectivity index (χ1v) is 10.4.